The van der Waals surface area contributed by atoms with Crippen molar-refractivity contribution in [3.8, 4) is 5.69 Å². The SMILES string of the molecule is CCC(=O)OCCc1ccc(-n2c(CC)nc3ccc(Cl)cc32)cc1. The van der Waals surface area contributed by atoms with E-state index in [9.17, 15) is 4.79 Å². The first-order valence-electron chi connectivity index (χ1n) is 8.54. The molecule has 0 unspecified atom stereocenters. The molecule has 0 aliphatic rings. The van der Waals surface area contributed by atoms with Crippen molar-refractivity contribution in [1.29, 1.82) is 0 Å². The fourth-order valence-corrected chi connectivity index (χ4v) is 2.99. The standard InChI is InChI=1S/C20H21ClN2O2/c1-3-19-22-17-10-7-15(21)13-18(17)23(19)16-8-5-14(6-9-16)11-12-25-20(24)4-2/h5-10,13H,3-4,11-12H2,1-2H3. The zero-order valence-electron chi connectivity index (χ0n) is 14.5. The number of fused-ring (bicyclic) bond motifs is 1. The Morgan fingerprint density at radius 1 is 1.16 bits per heavy atom. The van der Waals surface area contributed by atoms with Crippen LogP contribution in [0.5, 0.6) is 0 Å². The van der Waals surface area contributed by atoms with Crippen LogP contribution in [-0.2, 0) is 22.4 Å². The van der Waals surface area contributed by atoms with Crippen molar-refractivity contribution in [1.82, 2.24) is 9.55 Å². The lowest BCUT2D eigenvalue weighted by molar-refractivity contribution is -0.143. The van der Waals surface area contributed by atoms with Gasteiger partial charge in [0.2, 0.25) is 0 Å². The maximum absolute atomic E-state index is 11.2. The van der Waals surface area contributed by atoms with Gasteiger partial charge in [-0.05, 0) is 35.9 Å². The van der Waals surface area contributed by atoms with E-state index in [0.29, 0.717) is 24.5 Å². The van der Waals surface area contributed by atoms with Gasteiger partial charge in [0.05, 0.1) is 17.6 Å². The summed E-state index contributed by atoms with van der Waals surface area (Å²) in [7, 11) is 0. The van der Waals surface area contributed by atoms with E-state index >= 15 is 0 Å². The Morgan fingerprint density at radius 3 is 2.60 bits per heavy atom. The summed E-state index contributed by atoms with van der Waals surface area (Å²) in [5, 5.41) is 0.700. The Bertz CT molecular complexity index is 885. The van der Waals surface area contributed by atoms with Crippen molar-refractivity contribution in [2.24, 2.45) is 0 Å². The number of hydrogen-bond donors (Lipinski definition) is 0. The van der Waals surface area contributed by atoms with Crippen LogP contribution in [0.15, 0.2) is 42.5 Å². The third-order valence-electron chi connectivity index (χ3n) is 4.14. The van der Waals surface area contributed by atoms with E-state index in [4.69, 9.17) is 21.3 Å². The van der Waals surface area contributed by atoms with Gasteiger partial charge in [0, 0.05) is 30.0 Å². The van der Waals surface area contributed by atoms with Gasteiger partial charge in [0.25, 0.3) is 0 Å². The van der Waals surface area contributed by atoms with Gasteiger partial charge in [0.1, 0.15) is 5.82 Å². The summed E-state index contributed by atoms with van der Waals surface area (Å²) in [4.78, 5) is 15.9. The van der Waals surface area contributed by atoms with E-state index in [0.717, 1.165) is 34.5 Å². The molecule has 0 radical (unpaired) electrons. The molecule has 1 aromatic heterocycles. The average molecular weight is 357 g/mol. The molecule has 0 fully saturated rings. The molecular formula is C20H21ClN2O2. The van der Waals surface area contributed by atoms with E-state index < -0.39 is 0 Å². The van der Waals surface area contributed by atoms with Crippen molar-refractivity contribution in [3.05, 3.63) is 58.9 Å². The largest absolute Gasteiger partial charge is 0.465 e. The van der Waals surface area contributed by atoms with Crippen LogP contribution in [0.3, 0.4) is 0 Å². The maximum Gasteiger partial charge on any atom is 0.305 e. The number of aryl methyl sites for hydroxylation is 1. The summed E-state index contributed by atoms with van der Waals surface area (Å²) >= 11 is 6.17. The zero-order chi connectivity index (χ0) is 17.8. The van der Waals surface area contributed by atoms with Gasteiger partial charge >= 0.3 is 5.97 Å². The van der Waals surface area contributed by atoms with Crippen LogP contribution >= 0.6 is 11.6 Å². The molecule has 1 heterocycles. The van der Waals surface area contributed by atoms with Crippen LogP contribution in [0.1, 0.15) is 31.7 Å². The minimum absolute atomic E-state index is 0.161. The number of esters is 1. The highest BCUT2D eigenvalue weighted by atomic mass is 35.5. The number of halogens is 1. The number of rotatable bonds is 6. The number of nitrogens with zero attached hydrogens (tertiary/aromatic N) is 2. The number of ether oxygens (including phenoxy) is 1. The van der Waals surface area contributed by atoms with Crippen molar-refractivity contribution in [2.75, 3.05) is 6.61 Å². The Hall–Kier alpha value is -2.33. The summed E-state index contributed by atoms with van der Waals surface area (Å²) in [5.74, 6) is 0.841. The van der Waals surface area contributed by atoms with E-state index in [1.807, 2.05) is 18.2 Å². The van der Waals surface area contributed by atoms with Crippen LogP contribution < -0.4 is 0 Å². The summed E-state index contributed by atoms with van der Waals surface area (Å²) in [5.41, 5.74) is 4.13. The number of aromatic nitrogens is 2. The molecule has 0 amide bonds. The molecule has 0 saturated heterocycles. The second-order valence-electron chi connectivity index (χ2n) is 5.84. The van der Waals surface area contributed by atoms with E-state index in [1.54, 1.807) is 6.92 Å². The van der Waals surface area contributed by atoms with Crippen molar-refractivity contribution in [3.63, 3.8) is 0 Å². The quantitative estimate of drug-likeness (QED) is 0.599. The van der Waals surface area contributed by atoms with Gasteiger partial charge in [-0.3, -0.25) is 9.36 Å². The molecule has 0 N–H and O–H groups in total. The molecular weight excluding hydrogens is 336 g/mol. The summed E-state index contributed by atoms with van der Waals surface area (Å²) < 4.78 is 7.28. The van der Waals surface area contributed by atoms with E-state index in [2.05, 4.69) is 35.8 Å². The third kappa shape index (κ3) is 3.85. The van der Waals surface area contributed by atoms with Gasteiger partial charge in [-0.15, -0.1) is 0 Å². The first-order chi connectivity index (χ1) is 12.1. The number of carbonyl (C=O) groups excluding carboxylic acids is 1. The van der Waals surface area contributed by atoms with Gasteiger partial charge < -0.3 is 4.74 Å². The Balaban J connectivity index is 1.86. The zero-order valence-corrected chi connectivity index (χ0v) is 15.2. The lowest BCUT2D eigenvalue weighted by Gasteiger charge is -2.10. The highest BCUT2D eigenvalue weighted by molar-refractivity contribution is 6.31. The highest BCUT2D eigenvalue weighted by Crippen LogP contribution is 2.25. The molecule has 0 bridgehead atoms. The third-order valence-corrected chi connectivity index (χ3v) is 4.37. The molecule has 5 heteroatoms. The summed E-state index contributed by atoms with van der Waals surface area (Å²) in [6.45, 7) is 4.30. The van der Waals surface area contributed by atoms with Crippen LogP contribution in [0.25, 0.3) is 16.7 Å². The maximum atomic E-state index is 11.2. The van der Waals surface area contributed by atoms with Crippen molar-refractivity contribution < 1.29 is 9.53 Å². The normalized spacial score (nSPS) is 11.0. The molecule has 3 rings (SSSR count). The molecule has 130 valence electrons. The second-order valence-corrected chi connectivity index (χ2v) is 6.28. The molecule has 3 aromatic rings. The Morgan fingerprint density at radius 2 is 1.92 bits per heavy atom. The van der Waals surface area contributed by atoms with E-state index in [-0.39, 0.29) is 5.97 Å². The first-order valence-corrected chi connectivity index (χ1v) is 8.92. The lowest BCUT2D eigenvalue weighted by atomic mass is 10.1. The van der Waals surface area contributed by atoms with Crippen LogP contribution in [0.2, 0.25) is 5.02 Å². The van der Waals surface area contributed by atoms with Crippen LogP contribution in [-0.4, -0.2) is 22.1 Å². The number of hydrogen-bond acceptors (Lipinski definition) is 3. The lowest BCUT2D eigenvalue weighted by Crippen LogP contribution is -2.06. The molecule has 0 saturated carbocycles. The number of benzene rings is 2. The van der Waals surface area contributed by atoms with Crippen LogP contribution in [0, 0.1) is 0 Å². The number of carbonyl (C=O) groups is 1. The fourth-order valence-electron chi connectivity index (χ4n) is 2.82. The molecule has 0 aliphatic carbocycles. The molecule has 25 heavy (non-hydrogen) atoms. The van der Waals surface area contributed by atoms with Gasteiger partial charge in [-0.2, -0.15) is 0 Å². The summed E-state index contributed by atoms with van der Waals surface area (Å²) in [6.07, 6.45) is 1.96. The minimum Gasteiger partial charge on any atom is -0.465 e. The fraction of sp³-hybridized carbons (Fsp3) is 0.300. The van der Waals surface area contributed by atoms with Crippen LogP contribution in [0.4, 0.5) is 0 Å². The molecule has 0 atom stereocenters. The van der Waals surface area contributed by atoms with Gasteiger partial charge in [-0.1, -0.05) is 37.6 Å². The topological polar surface area (TPSA) is 44.1 Å². The molecule has 0 aliphatic heterocycles. The second kappa shape index (κ2) is 7.70. The molecule has 4 nitrogen and oxygen atoms in total. The highest BCUT2D eigenvalue weighted by Gasteiger charge is 2.11. The minimum atomic E-state index is -0.161. The Labute approximate surface area is 152 Å². The molecule has 0 spiro atoms. The average Bonchev–Trinajstić information content (AvgIpc) is 2.99. The first kappa shape index (κ1) is 17.5. The summed E-state index contributed by atoms with van der Waals surface area (Å²) in [6, 6.07) is 14.0. The van der Waals surface area contributed by atoms with Gasteiger partial charge in [0.15, 0.2) is 0 Å². The predicted molar refractivity (Wildman–Crippen MR) is 100 cm³/mol. The predicted octanol–water partition coefficient (Wildman–Crippen LogP) is 4.74. The van der Waals surface area contributed by atoms with Crippen molar-refractivity contribution >= 4 is 28.6 Å². The van der Waals surface area contributed by atoms with E-state index in [1.165, 1.54) is 0 Å². The van der Waals surface area contributed by atoms with Gasteiger partial charge in [-0.25, -0.2) is 4.98 Å². The smallest absolute Gasteiger partial charge is 0.305 e. The number of imidazole rings is 1. The Kier molecular flexibility index (Phi) is 5.39. The van der Waals surface area contributed by atoms with Crippen molar-refractivity contribution in [2.45, 2.75) is 33.1 Å². The monoisotopic (exact) mass is 356 g/mol. The molecule has 2 aromatic carbocycles.